The van der Waals surface area contributed by atoms with Gasteiger partial charge in [0.1, 0.15) is 0 Å². The maximum Gasteiger partial charge on any atom is 0.417 e. The fourth-order valence-corrected chi connectivity index (χ4v) is 4.25. The second-order valence-electron chi connectivity index (χ2n) is 6.02. The van der Waals surface area contributed by atoms with Crippen LogP contribution >= 0.6 is 0 Å². The number of alkyl halides is 3. The van der Waals surface area contributed by atoms with Gasteiger partial charge in [0.05, 0.1) is 17.0 Å². The van der Waals surface area contributed by atoms with E-state index < -0.39 is 26.7 Å². The van der Waals surface area contributed by atoms with Crippen LogP contribution in [0, 0.1) is 0 Å². The summed E-state index contributed by atoms with van der Waals surface area (Å²) in [6, 6.07) is 4.13. The molecule has 1 heterocycles. The third kappa shape index (κ3) is 4.50. The Balaban J connectivity index is 2.17. The van der Waals surface area contributed by atoms with Gasteiger partial charge in [0, 0.05) is 26.2 Å². The summed E-state index contributed by atoms with van der Waals surface area (Å²) in [4.78, 5) is 14.4. The summed E-state index contributed by atoms with van der Waals surface area (Å²) < 4.78 is 65.5. The minimum absolute atomic E-state index is 0.0340. The number of sulfonamides is 1. The van der Waals surface area contributed by atoms with Gasteiger partial charge in [0.15, 0.2) is 0 Å². The first-order valence-electron chi connectivity index (χ1n) is 7.62. The molecule has 2 rings (SSSR count). The zero-order valence-electron chi connectivity index (χ0n) is 14.0. The fourth-order valence-electron chi connectivity index (χ4n) is 2.61. The average Bonchev–Trinajstić information content (AvgIpc) is 2.53. The van der Waals surface area contributed by atoms with Crippen LogP contribution in [0.15, 0.2) is 29.2 Å². The average molecular weight is 379 g/mol. The van der Waals surface area contributed by atoms with Crippen LogP contribution < -0.4 is 0 Å². The van der Waals surface area contributed by atoms with Crippen molar-refractivity contribution in [3.8, 4) is 0 Å². The zero-order valence-corrected chi connectivity index (χ0v) is 14.8. The van der Waals surface area contributed by atoms with Crippen LogP contribution in [0.4, 0.5) is 13.2 Å². The highest BCUT2D eigenvalue weighted by Crippen LogP contribution is 2.35. The number of piperazine rings is 1. The second kappa shape index (κ2) is 7.30. The smallest absolute Gasteiger partial charge is 0.339 e. The van der Waals surface area contributed by atoms with E-state index in [1.165, 1.54) is 11.0 Å². The third-order valence-corrected chi connectivity index (χ3v) is 5.81. The van der Waals surface area contributed by atoms with E-state index in [9.17, 15) is 26.4 Å². The Morgan fingerprint density at radius 2 is 1.68 bits per heavy atom. The van der Waals surface area contributed by atoms with E-state index >= 15 is 0 Å². The van der Waals surface area contributed by atoms with Crippen molar-refractivity contribution in [3.05, 3.63) is 29.8 Å². The zero-order chi connectivity index (χ0) is 18.8. The molecule has 1 aromatic carbocycles. The van der Waals surface area contributed by atoms with Gasteiger partial charge in [-0.2, -0.15) is 17.5 Å². The minimum Gasteiger partial charge on any atom is -0.339 e. The Hall–Kier alpha value is -1.65. The first-order chi connectivity index (χ1) is 11.5. The molecule has 0 N–H and O–H groups in total. The number of nitrogens with zero attached hydrogens (tertiary/aromatic N) is 3. The number of likely N-dealkylation sites (N-methyl/N-ethyl adjacent to an activating group) is 1. The Kier molecular flexibility index (Phi) is 5.75. The quantitative estimate of drug-likeness (QED) is 0.786. The maximum absolute atomic E-state index is 13.1. The molecule has 1 aliphatic rings. The number of hydrogen-bond donors (Lipinski definition) is 0. The van der Waals surface area contributed by atoms with Crippen LogP contribution in [0.5, 0.6) is 0 Å². The molecule has 0 atom stereocenters. The topological polar surface area (TPSA) is 60.9 Å². The Morgan fingerprint density at radius 3 is 2.20 bits per heavy atom. The van der Waals surface area contributed by atoms with E-state index in [1.54, 1.807) is 19.0 Å². The summed E-state index contributed by atoms with van der Waals surface area (Å²) in [7, 11) is -0.798. The number of amides is 1. The lowest BCUT2D eigenvalue weighted by atomic mass is 10.2. The van der Waals surface area contributed by atoms with Gasteiger partial charge in [-0.15, -0.1) is 0 Å². The van der Waals surface area contributed by atoms with Crippen molar-refractivity contribution in [1.29, 1.82) is 0 Å². The summed E-state index contributed by atoms with van der Waals surface area (Å²) in [6.07, 6.45) is -4.76. The van der Waals surface area contributed by atoms with Gasteiger partial charge in [-0.1, -0.05) is 12.1 Å². The van der Waals surface area contributed by atoms with Crippen LogP contribution in [-0.2, 0) is 21.0 Å². The number of carbonyl (C=O) groups excluding carboxylic acids is 1. The molecule has 0 aromatic heterocycles. The SMILES string of the molecule is CN(C)CC(=O)N1CCN(S(=O)(=O)c2ccccc2C(F)(F)F)CC1. The van der Waals surface area contributed by atoms with Crippen molar-refractivity contribution in [2.24, 2.45) is 0 Å². The van der Waals surface area contributed by atoms with Crippen molar-refractivity contribution >= 4 is 15.9 Å². The van der Waals surface area contributed by atoms with Gasteiger partial charge in [-0.3, -0.25) is 4.79 Å². The molecular weight excluding hydrogens is 359 g/mol. The van der Waals surface area contributed by atoms with Gasteiger partial charge in [-0.25, -0.2) is 8.42 Å². The molecule has 1 amide bonds. The minimum atomic E-state index is -4.76. The van der Waals surface area contributed by atoms with Gasteiger partial charge >= 0.3 is 6.18 Å². The molecule has 0 aliphatic carbocycles. The van der Waals surface area contributed by atoms with Crippen molar-refractivity contribution in [3.63, 3.8) is 0 Å². The molecule has 6 nitrogen and oxygen atoms in total. The molecule has 10 heteroatoms. The molecule has 1 aliphatic heterocycles. The van der Waals surface area contributed by atoms with Gasteiger partial charge in [0.25, 0.3) is 0 Å². The number of rotatable bonds is 4. The van der Waals surface area contributed by atoms with Crippen molar-refractivity contribution in [2.45, 2.75) is 11.1 Å². The lowest BCUT2D eigenvalue weighted by Gasteiger charge is -2.34. The largest absolute Gasteiger partial charge is 0.417 e. The predicted octanol–water partition coefficient (Wildman–Crippen LogP) is 1.10. The Bertz CT molecular complexity index is 727. The number of benzene rings is 1. The summed E-state index contributed by atoms with van der Waals surface area (Å²) in [6.45, 7) is 0.436. The standard InChI is InChI=1S/C15H20F3N3O3S/c1-19(2)11-14(22)20-7-9-21(10-8-20)25(23,24)13-6-4-3-5-12(13)15(16,17)18/h3-6H,7-11H2,1-2H3. The second-order valence-corrected chi connectivity index (χ2v) is 7.92. The predicted molar refractivity (Wildman–Crippen MR) is 85.3 cm³/mol. The number of halogens is 3. The molecular formula is C15H20F3N3O3S. The van der Waals surface area contributed by atoms with Crippen LogP contribution in [0.3, 0.4) is 0 Å². The van der Waals surface area contributed by atoms with Crippen LogP contribution in [0.1, 0.15) is 5.56 Å². The third-order valence-electron chi connectivity index (χ3n) is 3.85. The first kappa shape index (κ1) is 19.7. The summed E-state index contributed by atoms with van der Waals surface area (Å²) >= 11 is 0. The molecule has 25 heavy (non-hydrogen) atoms. The molecule has 0 spiro atoms. The Morgan fingerprint density at radius 1 is 1.12 bits per heavy atom. The molecule has 140 valence electrons. The lowest BCUT2D eigenvalue weighted by Crippen LogP contribution is -2.52. The van der Waals surface area contributed by atoms with E-state index in [0.29, 0.717) is 0 Å². The monoisotopic (exact) mass is 379 g/mol. The van der Waals surface area contributed by atoms with E-state index in [1.807, 2.05) is 0 Å². The molecule has 0 unspecified atom stereocenters. The normalized spacial score (nSPS) is 17.1. The maximum atomic E-state index is 13.1. The molecule has 0 bridgehead atoms. The van der Waals surface area contributed by atoms with Crippen molar-refractivity contribution in [1.82, 2.24) is 14.1 Å². The highest BCUT2D eigenvalue weighted by atomic mass is 32.2. The summed E-state index contributed by atoms with van der Waals surface area (Å²) in [5, 5.41) is 0. The molecule has 0 saturated carbocycles. The fraction of sp³-hybridized carbons (Fsp3) is 0.533. The van der Waals surface area contributed by atoms with Gasteiger partial charge in [0.2, 0.25) is 15.9 Å². The van der Waals surface area contributed by atoms with E-state index in [-0.39, 0.29) is 38.6 Å². The van der Waals surface area contributed by atoms with Crippen LogP contribution in [-0.4, -0.2) is 75.2 Å². The van der Waals surface area contributed by atoms with Crippen LogP contribution in [0.2, 0.25) is 0 Å². The number of carbonyl (C=O) groups is 1. The molecule has 1 saturated heterocycles. The highest BCUT2D eigenvalue weighted by molar-refractivity contribution is 7.89. The Labute approximate surface area is 144 Å². The van der Waals surface area contributed by atoms with E-state index in [0.717, 1.165) is 22.5 Å². The molecule has 1 fully saturated rings. The van der Waals surface area contributed by atoms with Gasteiger partial charge in [-0.05, 0) is 26.2 Å². The lowest BCUT2D eigenvalue weighted by molar-refractivity contribution is -0.139. The van der Waals surface area contributed by atoms with E-state index in [2.05, 4.69) is 0 Å². The summed E-state index contributed by atoms with van der Waals surface area (Å²) in [5.74, 6) is -0.141. The van der Waals surface area contributed by atoms with E-state index in [4.69, 9.17) is 0 Å². The highest BCUT2D eigenvalue weighted by Gasteiger charge is 2.39. The molecule has 1 aromatic rings. The van der Waals surface area contributed by atoms with Gasteiger partial charge < -0.3 is 9.80 Å². The van der Waals surface area contributed by atoms with Crippen molar-refractivity contribution in [2.75, 3.05) is 46.8 Å². The number of hydrogen-bond acceptors (Lipinski definition) is 4. The van der Waals surface area contributed by atoms with Crippen molar-refractivity contribution < 1.29 is 26.4 Å². The summed E-state index contributed by atoms with van der Waals surface area (Å²) in [5.41, 5.74) is -1.18. The first-order valence-corrected chi connectivity index (χ1v) is 9.06. The van der Waals surface area contributed by atoms with Crippen LogP contribution in [0.25, 0.3) is 0 Å². The molecule has 0 radical (unpaired) electrons.